The summed E-state index contributed by atoms with van der Waals surface area (Å²) in [6.07, 6.45) is 6.36. The Bertz CT molecular complexity index is 158. The topological polar surface area (TPSA) is 17.1 Å². The molecule has 0 N–H and O–H groups in total. The van der Waals surface area contributed by atoms with E-state index in [0.29, 0.717) is 11.7 Å². The molecule has 56 valence electrons. The van der Waals surface area contributed by atoms with E-state index in [1.807, 2.05) is 6.08 Å². The lowest BCUT2D eigenvalue weighted by atomic mass is 9.86. The first kappa shape index (κ1) is 7.52. The van der Waals surface area contributed by atoms with E-state index < -0.39 is 0 Å². The van der Waals surface area contributed by atoms with Crippen LogP contribution in [0.2, 0.25) is 0 Å². The maximum absolute atomic E-state index is 10.9. The fraction of sp³-hybridized carbons (Fsp3) is 0.667. The van der Waals surface area contributed by atoms with Crippen LogP contribution in [0.3, 0.4) is 0 Å². The van der Waals surface area contributed by atoms with E-state index in [9.17, 15) is 4.79 Å². The molecule has 0 spiro atoms. The Hall–Kier alpha value is -0.590. The molecular weight excluding hydrogens is 124 g/mol. The number of carbonyl (C=O) groups is 1. The molecule has 1 aliphatic carbocycles. The average molecular weight is 138 g/mol. The highest BCUT2D eigenvalue weighted by Gasteiger charge is 2.17. The van der Waals surface area contributed by atoms with Gasteiger partial charge in [-0.25, -0.2) is 0 Å². The minimum absolute atomic E-state index is 0.212. The molecule has 0 aliphatic heterocycles. The number of hydrogen-bond acceptors (Lipinski definition) is 1. The van der Waals surface area contributed by atoms with Gasteiger partial charge in [0, 0.05) is 5.92 Å². The molecule has 0 bridgehead atoms. The van der Waals surface area contributed by atoms with Crippen molar-refractivity contribution in [1.82, 2.24) is 0 Å². The van der Waals surface area contributed by atoms with Crippen LogP contribution in [-0.4, -0.2) is 5.78 Å². The van der Waals surface area contributed by atoms with E-state index in [1.165, 1.54) is 0 Å². The number of allylic oxidation sites excluding steroid dienone is 2. The largest absolute Gasteiger partial charge is 0.299 e. The molecule has 1 unspecified atom stereocenters. The van der Waals surface area contributed by atoms with Crippen molar-refractivity contribution < 1.29 is 4.79 Å². The zero-order chi connectivity index (χ0) is 7.56. The monoisotopic (exact) mass is 138 g/mol. The van der Waals surface area contributed by atoms with Crippen LogP contribution in [0.15, 0.2) is 12.2 Å². The van der Waals surface area contributed by atoms with E-state index in [4.69, 9.17) is 0 Å². The number of ketones is 1. The van der Waals surface area contributed by atoms with Crippen LogP contribution in [0, 0.1) is 11.8 Å². The summed E-state index contributed by atoms with van der Waals surface area (Å²) in [5.74, 6) is 1.21. The summed E-state index contributed by atoms with van der Waals surface area (Å²) in [6, 6.07) is 0. The lowest BCUT2D eigenvalue weighted by molar-refractivity contribution is -0.119. The van der Waals surface area contributed by atoms with Crippen LogP contribution in [0.1, 0.15) is 26.7 Å². The third-order valence-electron chi connectivity index (χ3n) is 2.09. The molecule has 0 aromatic rings. The lowest BCUT2D eigenvalue weighted by Crippen LogP contribution is -2.15. The van der Waals surface area contributed by atoms with Crippen molar-refractivity contribution in [2.45, 2.75) is 26.7 Å². The minimum Gasteiger partial charge on any atom is -0.299 e. The van der Waals surface area contributed by atoms with Crippen molar-refractivity contribution in [3.63, 3.8) is 0 Å². The molecule has 0 amide bonds. The standard InChI is InChI=1S/C9H14O/c1-7-4-3-5-9(6-7)8(2)10/h3,5,7,9H,4,6H2,1-2H3/t7?,9-/m0/s1. The van der Waals surface area contributed by atoms with Gasteiger partial charge in [-0.2, -0.15) is 0 Å². The first-order valence-electron chi connectivity index (χ1n) is 3.87. The number of Topliss-reactive ketones (excluding diaryl/α,β-unsaturated/α-hetero) is 1. The summed E-state index contributed by atoms with van der Waals surface area (Å²) in [7, 11) is 0. The molecule has 0 radical (unpaired) electrons. The summed E-state index contributed by atoms with van der Waals surface area (Å²) in [5, 5.41) is 0. The molecule has 10 heavy (non-hydrogen) atoms. The second-order valence-electron chi connectivity index (χ2n) is 3.22. The molecule has 2 atom stereocenters. The molecule has 0 aromatic carbocycles. The van der Waals surface area contributed by atoms with Crippen LogP contribution >= 0.6 is 0 Å². The molecule has 1 rings (SSSR count). The second kappa shape index (κ2) is 3.00. The van der Waals surface area contributed by atoms with Gasteiger partial charge in [-0.15, -0.1) is 0 Å². The van der Waals surface area contributed by atoms with Gasteiger partial charge in [-0.05, 0) is 25.7 Å². The zero-order valence-corrected chi connectivity index (χ0v) is 6.63. The molecule has 0 heterocycles. The number of hydrogen-bond donors (Lipinski definition) is 0. The lowest BCUT2D eigenvalue weighted by Gasteiger charge is -2.18. The second-order valence-corrected chi connectivity index (χ2v) is 3.22. The number of rotatable bonds is 1. The summed E-state index contributed by atoms with van der Waals surface area (Å²) >= 11 is 0. The van der Waals surface area contributed by atoms with E-state index in [-0.39, 0.29) is 5.92 Å². The van der Waals surface area contributed by atoms with Crippen LogP contribution in [0.4, 0.5) is 0 Å². The average Bonchev–Trinajstić information content (AvgIpc) is 1.88. The van der Waals surface area contributed by atoms with Gasteiger partial charge in [0.1, 0.15) is 5.78 Å². The minimum atomic E-state index is 0.212. The third kappa shape index (κ3) is 1.69. The van der Waals surface area contributed by atoms with Gasteiger partial charge in [0.2, 0.25) is 0 Å². The Labute approximate surface area is 62.1 Å². The normalized spacial score (nSPS) is 32.2. The van der Waals surface area contributed by atoms with E-state index in [1.54, 1.807) is 6.92 Å². The van der Waals surface area contributed by atoms with Gasteiger partial charge in [0.05, 0.1) is 0 Å². The summed E-state index contributed by atoms with van der Waals surface area (Å²) < 4.78 is 0. The van der Waals surface area contributed by atoms with Crippen molar-refractivity contribution >= 4 is 5.78 Å². The Morgan fingerprint density at radius 3 is 2.70 bits per heavy atom. The first-order valence-corrected chi connectivity index (χ1v) is 3.87. The van der Waals surface area contributed by atoms with Gasteiger partial charge in [-0.1, -0.05) is 19.1 Å². The Morgan fingerprint density at radius 1 is 1.60 bits per heavy atom. The first-order chi connectivity index (χ1) is 4.70. The van der Waals surface area contributed by atoms with E-state index in [2.05, 4.69) is 13.0 Å². The number of carbonyl (C=O) groups excluding carboxylic acids is 1. The van der Waals surface area contributed by atoms with Crippen molar-refractivity contribution in [3.05, 3.63) is 12.2 Å². The fourth-order valence-corrected chi connectivity index (χ4v) is 1.38. The van der Waals surface area contributed by atoms with Crippen LogP contribution in [0.25, 0.3) is 0 Å². The smallest absolute Gasteiger partial charge is 0.136 e. The molecular formula is C9H14O. The van der Waals surface area contributed by atoms with Crippen molar-refractivity contribution in [2.75, 3.05) is 0 Å². The zero-order valence-electron chi connectivity index (χ0n) is 6.63. The van der Waals surface area contributed by atoms with Crippen molar-refractivity contribution in [2.24, 2.45) is 11.8 Å². The predicted octanol–water partition coefficient (Wildman–Crippen LogP) is 2.18. The Kier molecular flexibility index (Phi) is 2.25. The maximum atomic E-state index is 10.9. The summed E-state index contributed by atoms with van der Waals surface area (Å²) in [5.41, 5.74) is 0. The van der Waals surface area contributed by atoms with Crippen LogP contribution in [-0.2, 0) is 4.79 Å². The molecule has 0 saturated carbocycles. The summed E-state index contributed by atoms with van der Waals surface area (Å²) in [6.45, 7) is 3.87. The molecule has 0 aromatic heterocycles. The summed E-state index contributed by atoms with van der Waals surface area (Å²) in [4.78, 5) is 10.9. The van der Waals surface area contributed by atoms with Gasteiger partial charge in [0.25, 0.3) is 0 Å². The third-order valence-corrected chi connectivity index (χ3v) is 2.09. The van der Waals surface area contributed by atoms with Crippen LogP contribution in [0.5, 0.6) is 0 Å². The molecule has 0 fully saturated rings. The SMILES string of the molecule is CC(=O)[C@H]1C=CCC(C)C1. The highest BCUT2D eigenvalue weighted by atomic mass is 16.1. The molecule has 1 nitrogen and oxygen atoms in total. The fourth-order valence-electron chi connectivity index (χ4n) is 1.38. The van der Waals surface area contributed by atoms with Gasteiger partial charge >= 0.3 is 0 Å². The molecule has 1 heteroatoms. The highest BCUT2D eigenvalue weighted by molar-refractivity contribution is 5.80. The Balaban J connectivity index is 2.55. The van der Waals surface area contributed by atoms with Crippen LogP contribution < -0.4 is 0 Å². The van der Waals surface area contributed by atoms with E-state index >= 15 is 0 Å². The van der Waals surface area contributed by atoms with Crippen molar-refractivity contribution in [3.8, 4) is 0 Å². The highest BCUT2D eigenvalue weighted by Crippen LogP contribution is 2.22. The van der Waals surface area contributed by atoms with E-state index in [0.717, 1.165) is 12.8 Å². The van der Waals surface area contributed by atoms with Gasteiger partial charge in [-0.3, -0.25) is 4.79 Å². The molecule has 0 saturated heterocycles. The quantitative estimate of drug-likeness (QED) is 0.507. The van der Waals surface area contributed by atoms with Gasteiger partial charge < -0.3 is 0 Å². The predicted molar refractivity (Wildman–Crippen MR) is 41.7 cm³/mol. The maximum Gasteiger partial charge on any atom is 0.136 e. The molecule has 1 aliphatic rings. The Morgan fingerprint density at radius 2 is 2.30 bits per heavy atom. The van der Waals surface area contributed by atoms with Gasteiger partial charge in [0.15, 0.2) is 0 Å². The van der Waals surface area contributed by atoms with Crippen molar-refractivity contribution in [1.29, 1.82) is 0 Å².